The summed E-state index contributed by atoms with van der Waals surface area (Å²) in [5, 5.41) is 11.8. The molecule has 0 aliphatic carbocycles. The van der Waals surface area contributed by atoms with E-state index in [4.69, 9.17) is 9.84 Å². The number of aliphatic hydroxyl groups excluding tert-OH is 1. The standard InChI is InChI=1S/C31H39N3O3/c35-23-24-37-28-16-14-26(15-17-28)25-32-31(36)13-5-2-8-18-33-19-21-34(22-20-33)30-12-7-6-11-29(30)27-9-3-1-4-10-27/h1,3-4,6-7,9-12,14-17,35H,2,5,8,13,18-25H2,(H,32,36). The minimum atomic E-state index is -0.00133. The number of piperazine rings is 1. The molecular weight excluding hydrogens is 462 g/mol. The number of nitrogens with one attached hydrogen (secondary N) is 1. The van der Waals surface area contributed by atoms with E-state index >= 15 is 0 Å². The van der Waals surface area contributed by atoms with Crippen LogP contribution in [0.3, 0.4) is 0 Å². The Kier molecular flexibility index (Phi) is 10.4. The first-order valence-corrected chi connectivity index (χ1v) is 13.4. The van der Waals surface area contributed by atoms with E-state index < -0.39 is 0 Å². The van der Waals surface area contributed by atoms with Gasteiger partial charge in [-0.1, -0.05) is 67.1 Å². The maximum atomic E-state index is 12.2. The molecule has 0 radical (unpaired) electrons. The molecule has 1 aliphatic rings. The highest BCUT2D eigenvalue weighted by Gasteiger charge is 2.19. The molecule has 0 aromatic heterocycles. The number of anilines is 1. The van der Waals surface area contributed by atoms with Crippen LogP contribution in [0.5, 0.6) is 5.75 Å². The van der Waals surface area contributed by atoms with Crippen LogP contribution in [0.1, 0.15) is 31.2 Å². The fourth-order valence-electron chi connectivity index (χ4n) is 4.78. The lowest BCUT2D eigenvalue weighted by atomic mass is 10.0. The van der Waals surface area contributed by atoms with Crippen molar-refractivity contribution in [3.63, 3.8) is 0 Å². The summed E-state index contributed by atoms with van der Waals surface area (Å²) in [5.41, 5.74) is 4.94. The third-order valence-corrected chi connectivity index (χ3v) is 6.85. The number of amides is 1. The number of rotatable bonds is 13. The van der Waals surface area contributed by atoms with Crippen LogP contribution in [-0.4, -0.2) is 61.9 Å². The monoisotopic (exact) mass is 501 g/mol. The van der Waals surface area contributed by atoms with Crippen LogP contribution in [0.4, 0.5) is 5.69 Å². The molecule has 196 valence electrons. The van der Waals surface area contributed by atoms with Gasteiger partial charge in [0.1, 0.15) is 12.4 Å². The third-order valence-electron chi connectivity index (χ3n) is 6.85. The second-order valence-electron chi connectivity index (χ2n) is 9.52. The lowest BCUT2D eigenvalue weighted by Gasteiger charge is -2.37. The van der Waals surface area contributed by atoms with Crippen molar-refractivity contribution >= 4 is 11.6 Å². The summed E-state index contributed by atoms with van der Waals surface area (Å²) >= 11 is 0. The van der Waals surface area contributed by atoms with Crippen LogP contribution in [0.25, 0.3) is 11.1 Å². The van der Waals surface area contributed by atoms with Crippen LogP contribution >= 0.6 is 0 Å². The van der Waals surface area contributed by atoms with E-state index in [0.29, 0.717) is 13.0 Å². The Morgan fingerprint density at radius 2 is 1.57 bits per heavy atom. The van der Waals surface area contributed by atoms with Crippen LogP contribution in [0.2, 0.25) is 0 Å². The van der Waals surface area contributed by atoms with E-state index in [1.54, 1.807) is 0 Å². The Bertz CT molecular complexity index is 1080. The zero-order chi connectivity index (χ0) is 25.7. The zero-order valence-electron chi connectivity index (χ0n) is 21.6. The van der Waals surface area contributed by atoms with Crippen molar-refractivity contribution in [1.82, 2.24) is 10.2 Å². The summed E-state index contributed by atoms with van der Waals surface area (Å²) in [6.45, 7) is 6.15. The molecule has 1 aliphatic heterocycles. The van der Waals surface area contributed by atoms with Gasteiger partial charge in [0.2, 0.25) is 5.91 Å². The van der Waals surface area contributed by atoms with Crippen molar-refractivity contribution in [3.8, 4) is 16.9 Å². The van der Waals surface area contributed by atoms with Crippen molar-refractivity contribution in [2.24, 2.45) is 0 Å². The second-order valence-corrected chi connectivity index (χ2v) is 9.52. The molecule has 6 heteroatoms. The third kappa shape index (κ3) is 8.34. The van der Waals surface area contributed by atoms with E-state index in [2.05, 4.69) is 69.7 Å². The number of hydrogen-bond acceptors (Lipinski definition) is 5. The highest BCUT2D eigenvalue weighted by Crippen LogP contribution is 2.31. The van der Waals surface area contributed by atoms with E-state index in [-0.39, 0.29) is 19.1 Å². The summed E-state index contributed by atoms with van der Waals surface area (Å²) in [6, 6.07) is 26.9. The SMILES string of the molecule is O=C(CCCCCN1CCN(c2ccccc2-c2ccccc2)CC1)NCc1ccc(OCCO)cc1. The molecule has 1 heterocycles. The average molecular weight is 502 g/mol. The van der Waals surface area contributed by atoms with Gasteiger partial charge in [0.25, 0.3) is 0 Å². The van der Waals surface area contributed by atoms with Crippen molar-refractivity contribution in [2.45, 2.75) is 32.2 Å². The van der Waals surface area contributed by atoms with Crippen molar-refractivity contribution < 1.29 is 14.6 Å². The van der Waals surface area contributed by atoms with Gasteiger partial charge in [-0.2, -0.15) is 0 Å². The number of aliphatic hydroxyl groups is 1. The van der Waals surface area contributed by atoms with Crippen LogP contribution in [0.15, 0.2) is 78.9 Å². The van der Waals surface area contributed by atoms with Crippen LogP contribution < -0.4 is 15.0 Å². The zero-order valence-corrected chi connectivity index (χ0v) is 21.6. The number of benzene rings is 3. The number of carbonyl (C=O) groups is 1. The van der Waals surface area contributed by atoms with Crippen LogP contribution in [-0.2, 0) is 11.3 Å². The van der Waals surface area contributed by atoms with E-state index in [9.17, 15) is 4.79 Å². The summed E-state index contributed by atoms with van der Waals surface area (Å²) in [6.07, 6.45) is 3.69. The van der Waals surface area contributed by atoms with Gasteiger partial charge in [-0.05, 0) is 48.7 Å². The summed E-state index contributed by atoms with van der Waals surface area (Å²) in [7, 11) is 0. The number of unbranched alkanes of at least 4 members (excludes halogenated alkanes) is 2. The van der Waals surface area contributed by atoms with Crippen molar-refractivity contribution in [1.29, 1.82) is 0 Å². The summed E-state index contributed by atoms with van der Waals surface area (Å²) < 4.78 is 5.36. The van der Waals surface area contributed by atoms with Gasteiger partial charge >= 0.3 is 0 Å². The molecule has 6 nitrogen and oxygen atoms in total. The molecule has 1 fully saturated rings. The fourth-order valence-corrected chi connectivity index (χ4v) is 4.78. The van der Waals surface area contributed by atoms with Crippen molar-refractivity contribution in [3.05, 3.63) is 84.4 Å². The fraction of sp³-hybridized carbons (Fsp3) is 0.387. The molecule has 1 saturated heterocycles. The molecule has 0 unspecified atom stereocenters. The van der Waals surface area contributed by atoms with E-state index in [1.165, 1.54) is 16.8 Å². The lowest BCUT2D eigenvalue weighted by Crippen LogP contribution is -2.46. The van der Waals surface area contributed by atoms with Gasteiger partial charge in [-0.3, -0.25) is 9.69 Å². The maximum absolute atomic E-state index is 12.2. The normalized spacial score (nSPS) is 13.9. The second kappa shape index (κ2) is 14.4. The number of carbonyl (C=O) groups excluding carboxylic acids is 1. The van der Waals surface area contributed by atoms with Gasteiger partial charge in [-0.15, -0.1) is 0 Å². The van der Waals surface area contributed by atoms with E-state index in [1.807, 2.05) is 24.3 Å². The average Bonchev–Trinajstić information content (AvgIpc) is 2.96. The predicted octanol–water partition coefficient (Wildman–Crippen LogP) is 4.72. The summed E-state index contributed by atoms with van der Waals surface area (Å²) in [4.78, 5) is 17.3. The first-order chi connectivity index (χ1) is 18.2. The molecule has 0 bridgehead atoms. The lowest BCUT2D eigenvalue weighted by molar-refractivity contribution is -0.121. The van der Waals surface area contributed by atoms with Crippen molar-refractivity contribution in [2.75, 3.05) is 50.8 Å². The molecule has 2 N–H and O–H groups in total. The number of para-hydroxylation sites is 1. The Hall–Kier alpha value is -3.35. The number of hydrogen-bond donors (Lipinski definition) is 2. The van der Waals surface area contributed by atoms with Gasteiger partial charge in [0.05, 0.1) is 6.61 Å². The molecular formula is C31H39N3O3. The minimum Gasteiger partial charge on any atom is -0.491 e. The first kappa shape index (κ1) is 26.7. The molecule has 37 heavy (non-hydrogen) atoms. The minimum absolute atomic E-state index is 0.00133. The molecule has 3 aromatic carbocycles. The largest absolute Gasteiger partial charge is 0.491 e. The highest BCUT2D eigenvalue weighted by molar-refractivity contribution is 5.78. The van der Waals surface area contributed by atoms with Gasteiger partial charge < -0.3 is 20.1 Å². The quantitative estimate of drug-likeness (QED) is 0.332. The number of ether oxygens (including phenoxy) is 1. The van der Waals surface area contributed by atoms with Gasteiger partial charge in [0.15, 0.2) is 0 Å². The molecule has 0 spiro atoms. The Morgan fingerprint density at radius 3 is 2.32 bits per heavy atom. The molecule has 0 saturated carbocycles. The molecule has 4 rings (SSSR count). The highest BCUT2D eigenvalue weighted by atomic mass is 16.5. The van der Waals surface area contributed by atoms with Gasteiger partial charge in [-0.25, -0.2) is 0 Å². The maximum Gasteiger partial charge on any atom is 0.220 e. The molecule has 1 amide bonds. The molecule has 3 aromatic rings. The smallest absolute Gasteiger partial charge is 0.220 e. The Morgan fingerprint density at radius 1 is 0.838 bits per heavy atom. The first-order valence-electron chi connectivity index (χ1n) is 13.4. The number of nitrogens with zero attached hydrogens (tertiary/aromatic N) is 2. The topological polar surface area (TPSA) is 65.0 Å². The molecule has 0 atom stereocenters. The Labute approximate surface area is 220 Å². The summed E-state index contributed by atoms with van der Waals surface area (Å²) in [5.74, 6) is 0.828. The Balaban J connectivity index is 1.10. The van der Waals surface area contributed by atoms with E-state index in [0.717, 1.165) is 63.3 Å². The predicted molar refractivity (Wildman–Crippen MR) is 150 cm³/mol. The van der Waals surface area contributed by atoms with Crippen LogP contribution in [0, 0.1) is 0 Å². The van der Waals surface area contributed by atoms with Gasteiger partial charge in [0, 0.05) is 50.4 Å².